The van der Waals surface area contributed by atoms with Crippen LogP contribution in [0.4, 0.5) is 0 Å². The SMILES string of the molecule is CCOc1ccc(Br)cc1C(N)c1ccccc1Br. The molecule has 2 aromatic rings. The number of hydrogen-bond acceptors (Lipinski definition) is 2. The standard InChI is InChI=1S/C15H15Br2NO/c1-2-19-14-8-7-10(16)9-12(14)15(18)11-5-3-4-6-13(11)17/h3-9,15H,2,18H2,1H3. The second-order valence-electron chi connectivity index (χ2n) is 4.11. The highest BCUT2D eigenvalue weighted by Crippen LogP contribution is 2.33. The van der Waals surface area contributed by atoms with E-state index in [4.69, 9.17) is 10.5 Å². The lowest BCUT2D eigenvalue weighted by Crippen LogP contribution is -2.14. The van der Waals surface area contributed by atoms with Crippen molar-refractivity contribution >= 4 is 31.9 Å². The van der Waals surface area contributed by atoms with Crippen LogP contribution < -0.4 is 10.5 Å². The summed E-state index contributed by atoms with van der Waals surface area (Å²) in [5.74, 6) is 0.828. The Labute approximate surface area is 130 Å². The van der Waals surface area contributed by atoms with E-state index >= 15 is 0 Å². The average Bonchev–Trinajstić information content (AvgIpc) is 2.41. The molecule has 2 nitrogen and oxygen atoms in total. The maximum absolute atomic E-state index is 6.39. The van der Waals surface area contributed by atoms with Crippen LogP contribution in [-0.4, -0.2) is 6.61 Å². The Kier molecular flexibility index (Phi) is 5.02. The van der Waals surface area contributed by atoms with Crippen molar-refractivity contribution in [1.82, 2.24) is 0 Å². The Hall–Kier alpha value is -0.840. The van der Waals surface area contributed by atoms with Gasteiger partial charge in [0, 0.05) is 14.5 Å². The van der Waals surface area contributed by atoms with Gasteiger partial charge in [0.05, 0.1) is 12.6 Å². The molecule has 0 aliphatic rings. The smallest absolute Gasteiger partial charge is 0.124 e. The lowest BCUT2D eigenvalue weighted by molar-refractivity contribution is 0.335. The van der Waals surface area contributed by atoms with E-state index in [9.17, 15) is 0 Å². The summed E-state index contributed by atoms with van der Waals surface area (Å²) in [5, 5.41) is 0. The fourth-order valence-corrected chi connectivity index (χ4v) is 2.85. The van der Waals surface area contributed by atoms with E-state index in [1.54, 1.807) is 0 Å². The largest absolute Gasteiger partial charge is 0.494 e. The number of hydrogen-bond donors (Lipinski definition) is 1. The first-order valence-electron chi connectivity index (χ1n) is 6.05. The molecular formula is C15H15Br2NO. The van der Waals surface area contributed by atoms with Gasteiger partial charge in [0.25, 0.3) is 0 Å². The zero-order chi connectivity index (χ0) is 13.8. The Morgan fingerprint density at radius 2 is 1.84 bits per heavy atom. The van der Waals surface area contributed by atoms with Gasteiger partial charge in [-0.3, -0.25) is 0 Å². The summed E-state index contributed by atoms with van der Waals surface area (Å²) in [6.07, 6.45) is 0. The van der Waals surface area contributed by atoms with Crippen LogP contribution in [-0.2, 0) is 0 Å². The minimum atomic E-state index is -0.227. The Morgan fingerprint density at radius 3 is 2.53 bits per heavy atom. The number of benzene rings is 2. The molecule has 2 rings (SSSR count). The predicted molar refractivity (Wildman–Crippen MR) is 85.5 cm³/mol. The van der Waals surface area contributed by atoms with Gasteiger partial charge in [0.15, 0.2) is 0 Å². The summed E-state index contributed by atoms with van der Waals surface area (Å²) in [6, 6.07) is 13.7. The van der Waals surface area contributed by atoms with Gasteiger partial charge in [-0.05, 0) is 36.8 Å². The molecule has 0 amide bonds. The Balaban J connectivity index is 2.45. The Morgan fingerprint density at radius 1 is 1.11 bits per heavy atom. The maximum atomic E-state index is 6.39. The molecule has 0 bridgehead atoms. The Bertz CT molecular complexity index is 572. The summed E-state index contributed by atoms with van der Waals surface area (Å²) < 4.78 is 7.66. The van der Waals surface area contributed by atoms with E-state index in [1.807, 2.05) is 49.4 Å². The summed E-state index contributed by atoms with van der Waals surface area (Å²) in [4.78, 5) is 0. The minimum absolute atomic E-state index is 0.227. The fourth-order valence-electron chi connectivity index (χ4n) is 1.94. The summed E-state index contributed by atoms with van der Waals surface area (Å²) in [6.45, 7) is 2.59. The zero-order valence-corrected chi connectivity index (χ0v) is 13.7. The number of nitrogens with two attached hydrogens (primary N) is 1. The molecule has 1 unspecified atom stereocenters. The van der Waals surface area contributed by atoms with E-state index in [1.165, 1.54) is 0 Å². The average molecular weight is 385 g/mol. The van der Waals surface area contributed by atoms with Crippen LogP contribution >= 0.6 is 31.9 Å². The first-order valence-corrected chi connectivity index (χ1v) is 7.64. The van der Waals surface area contributed by atoms with E-state index in [2.05, 4.69) is 31.9 Å². The van der Waals surface area contributed by atoms with Crippen molar-refractivity contribution in [2.24, 2.45) is 5.73 Å². The predicted octanol–water partition coefficient (Wildman–Crippen LogP) is 4.66. The molecule has 100 valence electrons. The molecule has 0 aliphatic carbocycles. The van der Waals surface area contributed by atoms with Crippen LogP contribution in [0.25, 0.3) is 0 Å². The first-order chi connectivity index (χ1) is 9.13. The molecular weight excluding hydrogens is 370 g/mol. The van der Waals surface area contributed by atoms with E-state index in [-0.39, 0.29) is 6.04 Å². The highest BCUT2D eigenvalue weighted by Gasteiger charge is 2.16. The molecule has 2 N–H and O–H groups in total. The third-order valence-electron chi connectivity index (χ3n) is 2.85. The van der Waals surface area contributed by atoms with Crippen molar-refractivity contribution in [3.63, 3.8) is 0 Å². The normalized spacial score (nSPS) is 12.2. The molecule has 2 aromatic carbocycles. The van der Waals surface area contributed by atoms with Crippen LogP contribution in [0.2, 0.25) is 0 Å². The van der Waals surface area contributed by atoms with Gasteiger partial charge >= 0.3 is 0 Å². The lowest BCUT2D eigenvalue weighted by Gasteiger charge is -2.18. The van der Waals surface area contributed by atoms with Gasteiger partial charge < -0.3 is 10.5 Å². The van der Waals surface area contributed by atoms with Crippen molar-refractivity contribution in [1.29, 1.82) is 0 Å². The molecule has 1 atom stereocenters. The second kappa shape index (κ2) is 6.55. The zero-order valence-electron chi connectivity index (χ0n) is 10.6. The second-order valence-corrected chi connectivity index (χ2v) is 5.88. The molecule has 0 saturated heterocycles. The highest BCUT2D eigenvalue weighted by atomic mass is 79.9. The lowest BCUT2D eigenvalue weighted by atomic mass is 9.99. The van der Waals surface area contributed by atoms with Crippen molar-refractivity contribution in [3.05, 3.63) is 62.5 Å². The van der Waals surface area contributed by atoms with Crippen molar-refractivity contribution in [3.8, 4) is 5.75 Å². The van der Waals surface area contributed by atoms with Gasteiger partial charge in [-0.2, -0.15) is 0 Å². The molecule has 0 spiro atoms. The third-order valence-corrected chi connectivity index (χ3v) is 4.06. The quantitative estimate of drug-likeness (QED) is 0.831. The molecule has 0 aromatic heterocycles. The number of halogens is 2. The van der Waals surface area contributed by atoms with Gasteiger partial charge in [0.1, 0.15) is 5.75 Å². The monoisotopic (exact) mass is 383 g/mol. The molecule has 0 saturated carbocycles. The molecule has 4 heteroatoms. The van der Waals surface area contributed by atoms with Crippen molar-refractivity contribution < 1.29 is 4.74 Å². The van der Waals surface area contributed by atoms with E-state index in [0.29, 0.717) is 6.61 Å². The molecule has 0 aliphatic heterocycles. The number of rotatable bonds is 4. The molecule has 0 radical (unpaired) electrons. The van der Waals surface area contributed by atoms with Gasteiger partial charge in [-0.1, -0.05) is 50.1 Å². The van der Waals surface area contributed by atoms with Crippen LogP contribution in [0.15, 0.2) is 51.4 Å². The minimum Gasteiger partial charge on any atom is -0.494 e. The topological polar surface area (TPSA) is 35.2 Å². The fraction of sp³-hybridized carbons (Fsp3) is 0.200. The van der Waals surface area contributed by atoms with Crippen LogP contribution in [0.5, 0.6) is 5.75 Å². The van der Waals surface area contributed by atoms with Gasteiger partial charge in [0.2, 0.25) is 0 Å². The van der Waals surface area contributed by atoms with E-state index < -0.39 is 0 Å². The van der Waals surface area contributed by atoms with Crippen LogP contribution in [0, 0.1) is 0 Å². The highest BCUT2D eigenvalue weighted by molar-refractivity contribution is 9.10. The molecule has 0 fully saturated rings. The van der Waals surface area contributed by atoms with Crippen molar-refractivity contribution in [2.45, 2.75) is 13.0 Å². The van der Waals surface area contributed by atoms with Crippen molar-refractivity contribution in [2.75, 3.05) is 6.61 Å². The first kappa shape index (κ1) is 14.6. The van der Waals surface area contributed by atoms with Crippen LogP contribution in [0.3, 0.4) is 0 Å². The van der Waals surface area contributed by atoms with E-state index in [0.717, 1.165) is 25.8 Å². The molecule has 19 heavy (non-hydrogen) atoms. The summed E-state index contributed by atoms with van der Waals surface area (Å²) in [7, 11) is 0. The third kappa shape index (κ3) is 3.38. The molecule has 0 heterocycles. The summed E-state index contributed by atoms with van der Waals surface area (Å²) >= 11 is 7.03. The maximum Gasteiger partial charge on any atom is 0.124 e. The van der Waals surface area contributed by atoms with Gasteiger partial charge in [-0.25, -0.2) is 0 Å². The summed E-state index contributed by atoms with van der Waals surface area (Å²) in [5.41, 5.74) is 8.40. The van der Waals surface area contributed by atoms with Gasteiger partial charge in [-0.15, -0.1) is 0 Å². The number of ether oxygens (including phenoxy) is 1. The van der Waals surface area contributed by atoms with Crippen LogP contribution in [0.1, 0.15) is 24.1 Å².